The Hall–Kier alpha value is -3.16. The minimum absolute atomic E-state index is 0.0160. The Bertz CT molecular complexity index is 1150. The van der Waals surface area contributed by atoms with E-state index in [9.17, 15) is 14.3 Å². The molecule has 3 N–H and O–H groups in total. The van der Waals surface area contributed by atoms with Crippen LogP contribution in [0.5, 0.6) is 5.75 Å². The predicted octanol–water partition coefficient (Wildman–Crippen LogP) is 4.86. The maximum Gasteiger partial charge on any atom is 0.257 e. The monoisotopic (exact) mass is 416 g/mol. The molecule has 0 radical (unpaired) electrons. The third-order valence-electron chi connectivity index (χ3n) is 4.06. The number of phenols is 1. The van der Waals surface area contributed by atoms with Crippen LogP contribution < -0.4 is 10.6 Å². The van der Waals surface area contributed by atoms with Crippen LogP contribution >= 0.6 is 23.2 Å². The summed E-state index contributed by atoms with van der Waals surface area (Å²) >= 11 is 12.0. The minimum Gasteiger partial charge on any atom is -0.508 e. The van der Waals surface area contributed by atoms with Crippen molar-refractivity contribution in [1.29, 1.82) is 0 Å². The normalized spacial score (nSPS) is 14.1. The number of carbonyl (C=O) groups excluding carboxylic acids is 1. The predicted molar refractivity (Wildman–Crippen MR) is 106 cm³/mol. The highest BCUT2D eigenvalue weighted by Crippen LogP contribution is 2.38. The molecule has 0 aliphatic carbocycles. The van der Waals surface area contributed by atoms with Gasteiger partial charge in [-0.15, -0.1) is 0 Å². The van der Waals surface area contributed by atoms with Gasteiger partial charge in [0.1, 0.15) is 29.5 Å². The fourth-order valence-corrected chi connectivity index (χ4v) is 3.17. The highest BCUT2D eigenvalue weighted by molar-refractivity contribution is 6.37. The summed E-state index contributed by atoms with van der Waals surface area (Å²) in [5.41, 5.74) is 1.77. The lowest BCUT2D eigenvalue weighted by Gasteiger charge is -2.10. The second kappa shape index (κ2) is 7.10. The van der Waals surface area contributed by atoms with Crippen molar-refractivity contribution in [2.45, 2.75) is 0 Å². The quantitative estimate of drug-likeness (QED) is 0.530. The van der Waals surface area contributed by atoms with E-state index < -0.39 is 5.82 Å². The van der Waals surface area contributed by atoms with E-state index in [4.69, 9.17) is 23.2 Å². The summed E-state index contributed by atoms with van der Waals surface area (Å²) in [7, 11) is 0. The van der Waals surface area contributed by atoms with E-state index in [-0.39, 0.29) is 21.7 Å². The first-order chi connectivity index (χ1) is 13.4. The molecule has 1 aliphatic heterocycles. The number of rotatable bonds is 3. The van der Waals surface area contributed by atoms with Gasteiger partial charge in [0, 0.05) is 5.69 Å². The number of amides is 1. The van der Waals surface area contributed by atoms with E-state index >= 15 is 0 Å². The number of anilines is 3. The van der Waals surface area contributed by atoms with Gasteiger partial charge in [-0.1, -0.05) is 23.2 Å². The molecule has 1 amide bonds. The zero-order valence-corrected chi connectivity index (χ0v) is 15.5. The third-order valence-corrected chi connectivity index (χ3v) is 4.68. The molecule has 0 atom stereocenters. The van der Waals surface area contributed by atoms with Crippen LogP contribution in [0.1, 0.15) is 11.1 Å². The van der Waals surface area contributed by atoms with Crippen molar-refractivity contribution in [2.24, 2.45) is 0 Å². The summed E-state index contributed by atoms with van der Waals surface area (Å²) in [6.07, 6.45) is 2.87. The number of hydrogen-bond donors (Lipinski definition) is 3. The molecule has 6 nitrogen and oxygen atoms in total. The summed E-state index contributed by atoms with van der Waals surface area (Å²) in [5, 5.41) is 15.4. The number of phenolic OH excluding ortho intramolecular Hbond substituents is 1. The van der Waals surface area contributed by atoms with E-state index in [0.29, 0.717) is 34.0 Å². The Morgan fingerprint density at radius 2 is 1.93 bits per heavy atom. The third kappa shape index (κ3) is 3.37. The zero-order valence-electron chi connectivity index (χ0n) is 14.0. The second-order valence-corrected chi connectivity index (χ2v) is 6.73. The van der Waals surface area contributed by atoms with Crippen LogP contribution in [0.4, 0.5) is 21.7 Å². The molecule has 0 saturated heterocycles. The van der Waals surface area contributed by atoms with Gasteiger partial charge in [0.15, 0.2) is 0 Å². The number of hydrogen-bond acceptors (Lipinski definition) is 5. The van der Waals surface area contributed by atoms with E-state index in [1.807, 2.05) is 0 Å². The molecule has 0 spiro atoms. The molecule has 2 heterocycles. The fourth-order valence-electron chi connectivity index (χ4n) is 2.76. The Morgan fingerprint density at radius 3 is 2.68 bits per heavy atom. The number of aromatic hydroxyl groups is 1. The molecule has 9 heteroatoms. The molecule has 0 unspecified atom stereocenters. The van der Waals surface area contributed by atoms with E-state index in [1.54, 1.807) is 12.1 Å². The molecule has 0 saturated carbocycles. The van der Waals surface area contributed by atoms with Gasteiger partial charge in [-0.3, -0.25) is 4.79 Å². The van der Waals surface area contributed by atoms with E-state index in [2.05, 4.69) is 20.6 Å². The van der Waals surface area contributed by atoms with Crippen molar-refractivity contribution >= 4 is 58.1 Å². The van der Waals surface area contributed by atoms with Gasteiger partial charge < -0.3 is 15.7 Å². The molecule has 2 aromatic carbocycles. The van der Waals surface area contributed by atoms with Crippen LogP contribution in [0.3, 0.4) is 0 Å². The summed E-state index contributed by atoms with van der Waals surface area (Å²) in [5.74, 6) is -0.231. The molecule has 4 rings (SSSR count). The first-order valence-corrected chi connectivity index (χ1v) is 8.77. The molecule has 140 valence electrons. The summed E-state index contributed by atoms with van der Waals surface area (Å²) in [6, 6.07) is 8.57. The molecule has 1 aliphatic rings. The summed E-state index contributed by atoms with van der Waals surface area (Å²) in [6.45, 7) is 0. The number of nitrogens with one attached hydrogen (secondary N) is 2. The van der Waals surface area contributed by atoms with Crippen LogP contribution in [0.2, 0.25) is 10.0 Å². The SMILES string of the molecule is O=C1Nc2ncnc(Nc3ccc(F)c(Cl)c3)c2/C1=C/c1ccc(O)cc1Cl. The van der Waals surface area contributed by atoms with Crippen molar-refractivity contribution in [3.05, 3.63) is 69.7 Å². The molecule has 0 fully saturated rings. The Labute approximate surface area is 168 Å². The lowest BCUT2D eigenvalue weighted by molar-refractivity contribution is -0.110. The van der Waals surface area contributed by atoms with Gasteiger partial charge in [0.25, 0.3) is 5.91 Å². The molecule has 0 bridgehead atoms. The van der Waals surface area contributed by atoms with E-state index in [1.165, 1.54) is 36.7 Å². The van der Waals surface area contributed by atoms with Crippen molar-refractivity contribution < 1.29 is 14.3 Å². The zero-order chi connectivity index (χ0) is 19.8. The van der Waals surface area contributed by atoms with Gasteiger partial charge in [0.05, 0.1) is 21.2 Å². The van der Waals surface area contributed by atoms with Crippen molar-refractivity contribution in [3.8, 4) is 5.75 Å². The highest BCUT2D eigenvalue weighted by atomic mass is 35.5. The van der Waals surface area contributed by atoms with Gasteiger partial charge in [-0.25, -0.2) is 14.4 Å². The first-order valence-electron chi connectivity index (χ1n) is 8.01. The number of benzene rings is 2. The Morgan fingerprint density at radius 1 is 1.11 bits per heavy atom. The first kappa shape index (κ1) is 18.2. The largest absolute Gasteiger partial charge is 0.508 e. The summed E-state index contributed by atoms with van der Waals surface area (Å²) in [4.78, 5) is 20.8. The average Bonchev–Trinajstić information content (AvgIpc) is 2.97. The minimum atomic E-state index is -0.542. The molecular weight excluding hydrogens is 406 g/mol. The van der Waals surface area contributed by atoms with Gasteiger partial charge >= 0.3 is 0 Å². The summed E-state index contributed by atoms with van der Waals surface area (Å²) < 4.78 is 13.4. The Kier molecular flexibility index (Phi) is 4.62. The lowest BCUT2D eigenvalue weighted by atomic mass is 10.1. The molecule has 1 aromatic heterocycles. The number of aromatic nitrogens is 2. The van der Waals surface area contributed by atoms with Gasteiger partial charge in [0.2, 0.25) is 0 Å². The number of fused-ring (bicyclic) bond motifs is 1. The van der Waals surface area contributed by atoms with Gasteiger partial charge in [-0.05, 0) is 48.0 Å². The van der Waals surface area contributed by atoms with Crippen LogP contribution in [0.15, 0.2) is 42.7 Å². The number of carbonyl (C=O) groups is 1. The standard InChI is InChI=1S/C19H11Cl2FN4O2/c20-13-7-11(27)3-1-9(13)5-12-16-17(23-8-24-18(16)26-19(12)28)25-10-2-4-15(22)14(21)6-10/h1-8,27H,(H2,23,24,25,26,28)/b12-5-. The maximum atomic E-state index is 13.4. The number of halogens is 3. The highest BCUT2D eigenvalue weighted by Gasteiger charge is 2.29. The van der Waals surface area contributed by atoms with Crippen molar-refractivity contribution in [2.75, 3.05) is 10.6 Å². The van der Waals surface area contributed by atoms with Crippen LogP contribution in [0, 0.1) is 5.82 Å². The maximum absolute atomic E-state index is 13.4. The second-order valence-electron chi connectivity index (χ2n) is 5.92. The van der Waals surface area contributed by atoms with Crippen LogP contribution in [-0.2, 0) is 4.79 Å². The molecule has 28 heavy (non-hydrogen) atoms. The molecule has 3 aromatic rings. The lowest BCUT2D eigenvalue weighted by Crippen LogP contribution is -2.04. The van der Waals surface area contributed by atoms with Crippen molar-refractivity contribution in [3.63, 3.8) is 0 Å². The van der Waals surface area contributed by atoms with Crippen LogP contribution in [-0.4, -0.2) is 21.0 Å². The molecular formula is C19H11Cl2FN4O2. The Balaban J connectivity index is 1.79. The van der Waals surface area contributed by atoms with Gasteiger partial charge in [-0.2, -0.15) is 0 Å². The topological polar surface area (TPSA) is 87.1 Å². The smallest absolute Gasteiger partial charge is 0.257 e. The van der Waals surface area contributed by atoms with Crippen molar-refractivity contribution in [1.82, 2.24) is 9.97 Å². The number of nitrogens with zero attached hydrogens (tertiary/aromatic N) is 2. The van der Waals surface area contributed by atoms with E-state index in [0.717, 1.165) is 0 Å². The average molecular weight is 417 g/mol. The fraction of sp³-hybridized carbons (Fsp3) is 0. The van der Waals surface area contributed by atoms with Crippen LogP contribution in [0.25, 0.3) is 11.6 Å².